The molecule has 0 radical (unpaired) electrons. The van der Waals surface area contributed by atoms with E-state index in [1.54, 1.807) is 18.2 Å². The normalized spacial score (nSPS) is 10.2. The Morgan fingerprint density at radius 3 is 2.75 bits per heavy atom. The summed E-state index contributed by atoms with van der Waals surface area (Å²) in [5, 5.41) is 3.07. The summed E-state index contributed by atoms with van der Waals surface area (Å²) in [6, 6.07) is 7.76. The molecule has 0 unspecified atom stereocenters. The van der Waals surface area contributed by atoms with Gasteiger partial charge in [0.25, 0.3) is 0 Å². The molecule has 2 rings (SSSR count). The average molecular weight is 291 g/mol. The molecule has 1 aromatic carbocycles. The second-order valence-electron chi connectivity index (χ2n) is 4.22. The van der Waals surface area contributed by atoms with Crippen molar-refractivity contribution in [2.24, 2.45) is 5.73 Å². The lowest BCUT2D eigenvalue weighted by atomic mass is 10.2. The molecule has 0 spiro atoms. The molecule has 0 bridgehead atoms. The minimum Gasteiger partial charge on any atom is -0.494 e. The van der Waals surface area contributed by atoms with Crippen molar-refractivity contribution in [3.8, 4) is 5.75 Å². The molecule has 0 saturated heterocycles. The van der Waals surface area contributed by atoms with E-state index in [0.717, 1.165) is 11.3 Å². The fourth-order valence-corrected chi connectivity index (χ4v) is 1.90. The number of rotatable bonds is 4. The number of ether oxygens (including phenoxy) is 1. The number of methoxy groups -OCH3 is 1. The summed E-state index contributed by atoms with van der Waals surface area (Å²) in [6.45, 7) is 1.84. The third kappa shape index (κ3) is 3.21. The van der Waals surface area contributed by atoms with Crippen LogP contribution >= 0.6 is 12.2 Å². The van der Waals surface area contributed by atoms with Crippen LogP contribution in [0.5, 0.6) is 5.75 Å². The second kappa shape index (κ2) is 5.83. The number of hydrogen-bond acceptors (Lipinski definition) is 4. The van der Waals surface area contributed by atoms with Gasteiger partial charge in [0.05, 0.1) is 12.8 Å². The van der Waals surface area contributed by atoms with E-state index in [2.05, 4.69) is 10.3 Å². The monoisotopic (exact) mass is 291 g/mol. The van der Waals surface area contributed by atoms with Gasteiger partial charge in [-0.15, -0.1) is 0 Å². The summed E-state index contributed by atoms with van der Waals surface area (Å²) in [5.74, 6) is 0.594. The fraction of sp³-hybridized carbons (Fsp3) is 0.143. The first-order valence-electron chi connectivity index (χ1n) is 5.88. The maximum absolute atomic E-state index is 13.1. The molecule has 20 heavy (non-hydrogen) atoms. The fourth-order valence-electron chi connectivity index (χ4n) is 1.78. The third-order valence-electron chi connectivity index (χ3n) is 2.66. The van der Waals surface area contributed by atoms with Gasteiger partial charge in [0.2, 0.25) is 0 Å². The van der Waals surface area contributed by atoms with Gasteiger partial charge in [-0.3, -0.25) is 0 Å². The van der Waals surface area contributed by atoms with Crippen molar-refractivity contribution in [1.82, 2.24) is 4.98 Å². The summed E-state index contributed by atoms with van der Waals surface area (Å²) in [5.41, 5.74) is 7.73. The molecule has 0 amide bonds. The van der Waals surface area contributed by atoms with Gasteiger partial charge in [-0.05, 0) is 31.2 Å². The van der Waals surface area contributed by atoms with Gasteiger partial charge in [0, 0.05) is 17.3 Å². The van der Waals surface area contributed by atoms with Crippen LogP contribution < -0.4 is 15.8 Å². The minimum atomic E-state index is -0.367. The smallest absolute Gasteiger partial charge is 0.145 e. The number of anilines is 2. The van der Waals surface area contributed by atoms with E-state index in [1.807, 2.05) is 6.92 Å². The van der Waals surface area contributed by atoms with Gasteiger partial charge < -0.3 is 15.8 Å². The molecule has 0 atom stereocenters. The second-order valence-corrected chi connectivity index (χ2v) is 4.66. The van der Waals surface area contributed by atoms with Crippen LogP contribution in [-0.2, 0) is 0 Å². The molecule has 0 saturated carbocycles. The molecule has 0 aliphatic heterocycles. The average Bonchev–Trinajstić information content (AvgIpc) is 2.40. The molecule has 2 aromatic rings. The van der Waals surface area contributed by atoms with E-state index < -0.39 is 0 Å². The molecule has 3 N–H and O–H groups in total. The Kier molecular flexibility index (Phi) is 4.14. The Morgan fingerprint density at radius 2 is 2.10 bits per heavy atom. The molecular weight excluding hydrogens is 277 g/mol. The van der Waals surface area contributed by atoms with Crippen molar-refractivity contribution in [3.63, 3.8) is 0 Å². The number of thiocarbonyl (C=S) groups is 1. The standard InChI is InChI=1S/C14H14FN3OS/c1-8-5-9(14(16)20)6-13(17-8)18-11-4-3-10(15)7-12(11)19-2/h3-7H,1-2H3,(H2,16,20)(H,17,18). The van der Waals surface area contributed by atoms with Crippen molar-refractivity contribution in [1.29, 1.82) is 0 Å². The number of benzene rings is 1. The van der Waals surface area contributed by atoms with Gasteiger partial charge in [0.15, 0.2) is 0 Å². The summed E-state index contributed by atoms with van der Waals surface area (Å²) >= 11 is 4.96. The van der Waals surface area contributed by atoms with Gasteiger partial charge in [-0.2, -0.15) is 0 Å². The highest BCUT2D eigenvalue weighted by Crippen LogP contribution is 2.28. The zero-order valence-corrected chi connectivity index (χ0v) is 11.9. The topological polar surface area (TPSA) is 60.2 Å². The predicted molar refractivity (Wildman–Crippen MR) is 81.1 cm³/mol. The van der Waals surface area contributed by atoms with Crippen LogP contribution in [0.25, 0.3) is 0 Å². The first-order chi connectivity index (χ1) is 9.49. The molecule has 4 nitrogen and oxygen atoms in total. The van der Waals surface area contributed by atoms with Crippen LogP contribution in [0.3, 0.4) is 0 Å². The molecule has 0 aliphatic rings. The number of pyridine rings is 1. The van der Waals surface area contributed by atoms with Crippen LogP contribution in [-0.4, -0.2) is 17.1 Å². The maximum atomic E-state index is 13.1. The predicted octanol–water partition coefficient (Wildman–Crippen LogP) is 2.92. The highest BCUT2D eigenvalue weighted by molar-refractivity contribution is 7.80. The molecular formula is C14H14FN3OS. The number of aromatic nitrogens is 1. The van der Waals surface area contributed by atoms with Crippen LogP contribution in [0.15, 0.2) is 30.3 Å². The number of nitrogens with one attached hydrogen (secondary N) is 1. The lowest BCUT2D eigenvalue weighted by molar-refractivity contribution is 0.413. The van der Waals surface area contributed by atoms with Crippen molar-refractivity contribution >= 4 is 28.7 Å². The van der Waals surface area contributed by atoms with E-state index in [4.69, 9.17) is 22.7 Å². The number of aryl methyl sites for hydroxylation is 1. The van der Waals surface area contributed by atoms with Crippen LogP contribution in [0.2, 0.25) is 0 Å². The van der Waals surface area contributed by atoms with E-state index in [-0.39, 0.29) is 5.82 Å². The van der Waals surface area contributed by atoms with Crippen LogP contribution in [0.4, 0.5) is 15.9 Å². The zero-order chi connectivity index (χ0) is 14.7. The van der Waals surface area contributed by atoms with Crippen molar-refractivity contribution in [2.75, 3.05) is 12.4 Å². The quantitative estimate of drug-likeness (QED) is 0.848. The van der Waals surface area contributed by atoms with Gasteiger partial charge in [-0.25, -0.2) is 9.37 Å². The van der Waals surface area contributed by atoms with Crippen LogP contribution in [0, 0.1) is 12.7 Å². The first-order valence-corrected chi connectivity index (χ1v) is 6.29. The molecule has 104 valence electrons. The minimum absolute atomic E-state index is 0.296. The van der Waals surface area contributed by atoms with Gasteiger partial charge in [-0.1, -0.05) is 12.2 Å². The Balaban J connectivity index is 2.37. The van der Waals surface area contributed by atoms with E-state index >= 15 is 0 Å². The van der Waals surface area contributed by atoms with Crippen molar-refractivity contribution in [2.45, 2.75) is 6.92 Å². The van der Waals surface area contributed by atoms with E-state index in [0.29, 0.717) is 22.2 Å². The Morgan fingerprint density at radius 1 is 1.35 bits per heavy atom. The van der Waals surface area contributed by atoms with Crippen molar-refractivity contribution < 1.29 is 9.13 Å². The third-order valence-corrected chi connectivity index (χ3v) is 2.90. The summed E-state index contributed by atoms with van der Waals surface area (Å²) < 4.78 is 18.3. The molecule has 1 aromatic heterocycles. The first kappa shape index (κ1) is 14.2. The van der Waals surface area contributed by atoms with Gasteiger partial charge in [0.1, 0.15) is 22.4 Å². The Hall–Kier alpha value is -2.21. The Labute approximate surface area is 121 Å². The number of halogens is 1. The lowest BCUT2D eigenvalue weighted by Crippen LogP contribution is -2.11. The summed E-state index contributed by atoms with van der Waals surface area (Å²) in [4.78, 5) is 4.63. The molecule has 1 heterocycles. The van der Waals surface area contributed by atoms with Gasteiger partial charge >= 0.3 is 0 Å². The number of hydrogen-bond donors (Lipinski definition) is 2. The molecule has 0 aliphatic carbocycles. The Bertz CT molecular complexity index is 661. The summed E-state index contributed by atoms with van der Waals surface area (Å²) in [6.07, 6.45) is 0. The SMILES string of the molecule is COc1cc(F)ccc1Nc1cc(C(N)=S)cc(C)n1. The number of nitrogens with two attached hydrogens (primary N) is 1. The maximum Gasteiger partial charge on any atom is 0.145 e. The number of nitrogens with zero attached hydrogens (tertiary/aromatic N) is 1. The van der Waals surface area contributed by atoms with Crippen molar-refractivity contribution in [3.05, 3.63) is 47.4 Å². The highest BCUT2D eigenvalue weighted by Gasteiger charge is 2.07. The lowest BCUT2D eigenvalue weighted by Gasteiger charge is -2.12. The summed E-state index contributed by atoms with van der Waals surface area (Å²) in [7, 11) is 1.48. The van der Waals surface area contributed by atoms with E-state index in [9.17, 15) is 4.39 Å². The zero-order valence-electron chi connectivity index (χ0n) is 11.1. The van der Waals surface area contributed by atoms with E-state index in [1.165, 1.54) is 19.2 Å². The highest BCUT2D eigenvalue weighted by atomic mass is 32.1. The van der Waals surface area contributed by atoms with Crippen LogP contribution in [0.1, 0.15) is 11.3 Å². The molecule has 6 heteroatoms. The largest absolute Gasteiger partial charge is 0.494 e. The molecule has 0 fully saturated rings.